The first-order chi connectivity index (χ1) is 9.45. The van der Waals surface area contributed by atoms with E-state index in [1.54, 1.807) is 0 Å². The Hall–Kier alpha value is -1.19. The first-order valence-corrected chi connectivity index (χ1v) is 7.43. The first kappa shape index (κ1) is 16.9. The van der Waals surface area contributed by atoms with E-state index < -0.39 is 0 Å². The van der Waals surface area contributed by atoms with Crippen LogP contribution in [0.1, 0.15) is 56.0 Å². The number of ketones is 1. The van der Waals surface area contributed by atoms with Gasteiger partial charge in [0.2, 0.25) is 0 Å². The molecule has 0 unspecified atom stereocenters. The molecule has 0 aliphatic heterocycles. The van der Waals surface area contributed by atoms with Crippen LogP contribution in [0.15, 0.2) is 24.3 Å². The van der Waals surface area contributed by atoms with Crippen LogP contribution in [0.2, 0.25) is 0 Å². The molecule has 1 N–H and O–H groups in total. The van der Waals surface area contributed by atoms with E-state index >= 15 is 0 Å². The molecule has 0 heterocycles. The van der Waals surface area contributed by atoms with E-state index in [1.807, 2.05) is 24.3 Å². The lowest BCUT2D eigenvalue weighted by Crippen LogP contribution is -2.36. The summed E-state index contributed by atoms with van der Waals surface area (Å²) in [7, 11) is 0. The van der Waals surface area contributed by atoms with Crippen LogP contribution in [-0.2, 0) is 0 Å². The van der Waals surface area contributed by atoms with Crippen molar-refractivity contribution in [2.75, 3.05) is 19.7 Å². The smallest absolute Gasteiger partial charge is 0.176 e. The van der Waals surface area contributed by atoms with Gasteiger partial charge in [-0.25, -0.2) is 0 Å². The van der Waals surface area contributed by atoms with Gasteiger partial charge in [0.15, 0.2) is 5.78 Å². The Morgan fingerprint density at radius 1 is 1.15 bits per heavy atom. The predicted octanol–water partition coefficient (Wildman–Crippen LogP) is 3.09. The monoisotopic (exact) mass is 277 g/mol. The highest BCUT2D eigenvalue weighted by atomic mass is 16.3. The highest BCUT2D eigenvalue weighted by Crippen LogP contribution is 2.15. The van der Waals surface area contributed by atoms with Gasteiger partial charge in [0.25, 0.3) is 0 Å². The zero-order valence-corrected chi connectivity index (χ0v) is 13.1. The summed E-state index contributed by atoms with van der Waals surface area (Å²) in [5, 5.41) is 8.92. The van der Waals surface area contributed by atoms with Crippen LogP contribution in [0, 0.1) is 0 Å². The van der Waals surface area contributed by atoms with Crippen molar-refractivity contribution >= 4 is 5.78 Å². The van der Waals surface area contributed by atoms with E-state index in [2.05, 4.69) is 32.6 Å². The Bertz CT molecular complexity index is 410. The van der Waals surface area contributed by atoms with Gasteiger partial charge in [-0.05, 0) is 31.7 Å². The van der Waals surface area contributed by atoms with Crippen LogP contribution in [0.4, 0.5) is 0 Å². The number of carbonyl (C=O) groups is 1. The molecule has 0 amide bonds. The van der Waals surface area contributed by atoms with Gasteiger partial charge >= 0.3 is 0 Å². The molecule has 0 fully saturated rings. The molecule has 3 heteroatoms. The summed E-state index contributed by atoms with van der Waals surface area (Å²) in [5.74, 6) is 0.628. The van der Waals surface area contributed by atoms with Gasteiger partial charge in [-0.1, -0.05) is 38.1 Å². The van der Waals surface area contributed by atoms with E-state index in [0.717, 1.165) is 12.1 Å². The Balaban J connectivity index is 2.68. The second kappa shape index (κ2) is 8.18. The van der Waals surface area contributed by atoms with E-state index in [9.17, 15) is 4.79 Å². The third-order valence-corrected chi connectivity index (χ3v) is 3.58. The molecule has 0 radical (unpaired) electrons. The summed E-state index contributed by atoms with van der Waals surface area (Å²) in [6.45, 7) is 9.78. The maximum atomic E-state index is 12.3. The molecule has 3 nitrogen and oxygen atoms in total. The summed E-state index contributed by atoms with van der Waals surface area (Å²) in [6, 6.07) is 8.21. The predicted molar refractivity (Wildman–Crippen MR) is 83.3 cm³/mol. The van der Waals surface area contributed by atoms with Crippen molar-refractivity contribution in [1.29, 1.82) is 0 Å². The molecule has 0 saturated carbocycles. The van der Waals surface area contributed by atoms with Gasteiger partial charge < -0.3 is 5.11 Å². The van der Waals surface area contributed by atoms with Crippen molar-refractivity contribution in [3.8, 4) is 0 Å². The van der Waals surface area contributed by atoms with Crippen LogP contribution >= 0.6 is 0 Å². The van der Waals surface area contributed by atoms with Gasteiger partial charge in [0, 0.05) is 24.8 Å². The highest BCUT2D eigenvalue weighted by Gasteiger charge is 2.15. The van der Waals surface area contributed by atoms with Crippen molar-refractivity contribution in [3.63, 3.8) is 0 Å². The van der Waals surface area contributed by atoms with Crippen molar-refractivity contribution < 1.29 is 9.90 Å². The summed E-state index contributed by atoms with van der Waals surface area (Å²) in [6.07, 6.45) is 0.706. The van der Waals surface area contributed by atoms with E-state index in [1.165, 1.54) is 5.56 Å². The molecule has 1 rings (SSSR count). The second-order valence-electron chi connectivity index (χ2n) is 5.84. The van der Waals surface area contributed by atoms with Crippen LogP contribution in [0.3, 0.4) is 0 Å². The molecule has 0 aromatic heterocycles. The third-order valence-electron chi connectivity index (χ3n) is 3.58. The third kappa shape index (κ3) is 5.06. The van der Waals surface area contributed by atoms with Gasteiger partial charge in [-0.15, -0.1) is 0 Å². The Kier molecular flexibility index (Phi) is 6.89. The number of Topliss-reactive ketones (excluding diaryl/α,β-unsaturated/α-hetero) is 1. The van der Waals surface area contributed by atoms with Crippen molar-refractivity contribution in [3.05, 3.63) is 35.4 Å². The maximum absolute atomic E-state index is 12.3. The fraction of sp³-hybridized carbons (Fsp3) is 0.588. The zero-order valence-electron chi connectivity index (χ0n) is 13.1. The van der Waals surface area contributed by atoms with Crippen molar-refractivity contribution in [1.82, 2.24) is 4.90 Å². The van der Waals surface area contributed by atoms with Crippen LogP contribution < -0.4 is 0 Å². The van der Waals surface area contributed by atoms with Crippen LogP contribution in [0.5, 0.6) is 0 Å². The number of aliphatic hydroxyl groups is 1. The zero-order chi connectivity index (χ0) is 15.1. The lowest BCUT2D eigenvalue weighted by molar-refractivity contribution is 0.0896. The minimum absolute atomic E-state index is 0.145. The average molecular weight is 277 g/mol. The fourth-order valence-electron chi connectivity index (χ4n) is 2.12. The molecule has 20 heavy (non-hydrogen) atoms. The van der Waals surface area contributed by atoms with Gasteiger partial charge in [0.05, 0.1) is 6.54 Å². The number of rotatable bonds is 8. The van der Waals surface area contributed by atoms with Gasteiger partial charge in [-0.2, -0.15) is 0 Å². The van der Waals surface area contributed by atoms with E-state index in [0.29, 0.717) is 24.9 Å². The van der Waals surface area contributed by atoms with Crippen LogP contribution in [-0.4, -0.2) is 41.5 Å². The van der Waals surface area contributed by atoms with Gasteiger partial charge in [-0.3, -0.25) is 9.69 Å². The van der Waals surface area contributed by atoms with Crippen molar-refractivity contribution in [2.24, 2.45) is 0 Å². The number of hydrogen-bond donors (Lipinski definition) is 1. The molecule has 112 valence electrons. The number of aliphatic hydroxyl groups excluding tert-OH is 1. The average Bonchev–Trinajstić information content (AvgIpc) is 2.42. The molecule has 0 aliphatic carbocycles. The fourth-order valence-corrected chi connectivity index (χ4v) is 2.12. The molecular formula is C17H27NO2. The summed E-state index contributed by atoms with van der Waals surface area (Å²) in [4.78, 5) is 14.4. The summed E-state index contributed by atoms with van der Waals surface area (Å²) in [5.41, 5.74) is 2.02. The Morgan fingerprint density at radius 2 is 1.75 bits per heavy atom. The second-order valence-corrected chi connectivity index (χ2v) is 5.84. The number of hydrogen-bond acceptors (Lipinski definition) is 3. The van der Waals surface area contributed by atoms with Crippen molar-refractivity contribution in [2.45, 2.75) is 46.1 Å². The van der Waals surface area contributed by atoms with E-state index in [4.69, 9.17) is 5.11 Å². The molecule has 1 aromatic rings. The number of nitrogens with zero attached hydrogens (tertiary/aromatic N) is 1. The Morgan fingerprint density at radius 3 is 2.20 bits per heavy atom. The molecular weight excluding hydrogens is 250 g/mol. The lowest BCUT2D eigenvalue weighted by atomic mass is 10.0. The maximum Gasteiger partial charge on any atom is 0.176 e. The molecule has 0 atom stereocenters. The number of benzene rings is 1. The molecule has 0 aliphatic rings. The molecule has 0 bridgehead atoms. The summed E-state index contributed by atoms with van der Waals surface area (Å²) >= 11 is 0. The molecule has 0 saturated heterocycles. The topological polar surface area (TPSA) is 40.5 Å². The minimum Gasteiger partial charge on any atom is -0.396 e. The van der Waals surface area contributed by atoms with Gasteiger partial charge in [0.1, 0.15) is 0 Å². The van der Waals surface area contributed by atoms with E-state index in [-0.39, 0.29) is 12.4 Å². The normalized spacial score (nSPS) is 11.6. The molecule has 1 aromatic carbocycles. The first-order valence-electron chi connectivity index (χ1n) is 7.43. The highest BCUT2D eigenvalue weighted by molar-refractivity contribution is 5.97. The quantitative estimate of drug-likeness (QED) is 0.742. The largest absolute Gasteiger partial charge is 0.396 e. The minimum atomic E-state index is 0.145. The lowest BCUT2D eigenvalue weighted by Gasteiger charge is -2.25. The SMILES string of the molecule is CC(C)c1ccc(C(=O)CN(CCCO)C(C)C)cc1. The standard InChI is InChI=1S/C17H27NO2/c1-13(2)15-6-8-16(9-7-15)17(20)12-18(14(3)4)10-5-11-19/h6-9,13-14,19H,5,10-12H2,1-4H3. The summed E-state index contributed by atoms with van der Waals surface area (Å²) < 4.78 is 0. The van der Waals surface area contributed by atoms with Crippen LogP contribution in [0.25, 0.3) is 0 Å². The number of carbonyl (C=O) groups excluding carboxylic acids is 1. The molecule has 0 spiro atoms. The Labute approximate surface area is 122 Å².